The fraction of sp³-hybridized carbons (Fsp3) is 0.455. The van der Waals surface area contributed by atoms with Crippen molar-refractivity contribution in [1.29, 1.82) is 0 Å². The molecule has 0 aromatic heterocycles. The number of nitrogens with two attached hydrogens (primary N) is 1. The lowest BCUT2D eigenvalue weighted by Crippen LogP contribution is -2.20. The molecule has 4 heteroatoms. The smallest absolute Gasteiger partial charge is 0.129 e. The summed E-state index contributed by atoms with van der Waals surface area (Å²) in [5.74, 6) is -0.302. The number of ether oxygens (including phenoxy) is 1. The maximum absolute atomic E-state index is 13.5. The standard InChI is InChI=1S/C11H15BrFNO/c1-7(2)15-6-11(14)9-4-3-8(12)5-10(9)13/h3-5,7,11H,6,14H2,1-2H3. The quantitative estimate of drug-likeness (QED) is 0.917. The Kier molecular flexibility index (Phi) is 4.70. The summed E-state index contributed by atoms with van der Waals surface area (Å²) in [5.41, 5.74) is 6.30. The number of rotatable bonds is 4. The van der Waals surface area contributed by atoms with Gasteiger partial charge in [0.05, 0.1) is 18.8 Å². The molecule has 0 aliphatic carbocycles. The van der Waals surface area contributed by atoms with Crippen molar-refractivity contribution in [2.24, 2.45) is 5.73 Å². The van der Waals surface area contributed by atoms with Crippen molar-refractivity contribution in [2.45, 2.75) is 26.0 Å². The second kappa shape index (κ2) is 5.58. The van der Waals surface area contributed by atoms with Gasteiger partial charge in [-0.05, 0) is 26.0 Å². The summed E-state index contributed by atoms with van der Waals surface area (Å²) >= 11 is 3.20. The first kappa shape index (κ1) is 12.6. The van der Waals surface area contributed by atoms with Gasteiger partial charge in [-0.3, -0.25) is 0 Å². The van der Waals surface area contributed by atoms with Gasteiger partial charge in [0, 0.05) is 10.0 Å². The molecular formula is C11H15BrFNO. The normalized spacial score (nSPS) is 13.2. The average Bonchev–Trinajstić information content (AvgIpc) is 2.14. The Morgan fingerprint density at radius 3 is 2.67 bits per heavy atom. The predicted octanol–water partition coefficient (Wildman–Crippen LogP) is 3.01. The first-order valence-corrected chi connectivity index (χ1v) is 5.62. The molecule has 0 fully saturated rings. The minimum absolute atomic E-state index is 0.106. The minimum atomic E-state index is -0.416. The highest BCUT2D eigenvalue weighted by Crippen LogP contribution is 2.20. The Bertz CT molecular complexity index is 330. The molecular weight excluding hydrogens is 261 g/mol. The highest BCUT2D eigenvalue weighted by Gasteiger charge is 2.12. The summed E-state index contributed by atoms with van der Waals surface area (Å²) in [6.45, 7) is 4.17. The first-order valence-electron chi connectivity index (χ1n) is 4.83. The van der Waals surface area contributed by atoms with Crippen molar-refractivity contribution < 1.29 is 9.13 Å². The van der Waals surface area contributed by atoms with E-state index in [0.29, 0.717) is 16.6 Å². The summed E-state index contributed by atoms with van der Waals surface area (Å²) in [7, 11) is 0. The average molecular weight is 276 g/mol. The Morgan fingerprint density at radius 2 is 2.13 bits per heavy atom. The van der Waals surface area contributed by atoms with Gasteiger partial charge < -0.3 is 10.5 Å². The molecule has 0 saturated carbocycles. The zero-order valence-corrected chi connectivity index (χ0v) is 10.4. The van der Waals surface area contributed by atoms with Crippen LogP contribution in [0.15, 0.2) is 22.7 Å². The van der Waals surface area contributed by atoms with E-state index in [1.165, 1.54) is 6.07 Å². The fourth-order valence-electron chi connectivity index (χ4n) is 1.19. The lowest BCUT2D eigenvalue weighted by atomic mass is 10.1. The van der Waals surface area contributed by atoms with Crippen molar-refractivity contribution in [1.82, 2.24) is 0 Å². The lowest BCUT2D eigenvalue weighted by Gasteiger charge is -2.15. The van der Waals surface area contributed by atoms with E-state index in [4.69, 9.17) is 10.5 Å². The summed E-state index contributed by atoms with van der Waals surface area (Å²) in [4.78, 5) is 0. The van der Waals surface area contributed by atoms with Crippen LogP contribution < -0.4 is 5.73 Å². The molecule has 1 aromatic carbocycles. The van der Waals surface area contributed by atoms with Crippen molar-refractivity contribution >= 4 is 15.9 Å². The van der Waals surface area contributed by atoms with E-state index in [0.717, 1.165) is 0 Å². The van der Waals surface area contributed by atoms with Crippen LogP contribution in [-0.2, 0) is 4.74 Å². The van der Waals surface area contributed by atoms with E-state index >= 15 is 0 Å². The second-order valence-corrected chi connectivity index (χ2v) is 4.57. The van der Waals surface area contributed by atoms with Crippen molar-refractivity contribution in [2.75, 3.05) is 6.61 Å². The van der Waals surface area contributed by atoms with Gasteiger partial charge in [0.2, 0.25) is 0 Å². The topological polar surface area (TPSA) is 35.2 Å². The molecule has 0 aliphatic rings. The van der Waals surface area contributed by atoms with Crippen molar-refractivity contribution in [3.05, 3.63) is 34.1 Å². The van der Waals surface area contributed by atoms with E-state index in [-0.39, 0.29) is 11.9 Å². The SMILES string of the molecule is CC(C)OCC(N)c1ccc(Br)cc1F. The Hall–Kier alpha value is -0.450. The van der Waals surface area contributed by atoms with Gasteiger partial charge in [-0.25, -0.2) is 4.39 Å². The largest absolute Gasteiger partial charge is 0.377 e. The molecule has 1 atom stereocenters. The summed E-state index contributed by atoms with van der Waals surface area (Å²) in [6, 6.07) is 4.44. The van der Waals surface area contributed by atoms with E-state index < -0.39 is 6.04 Å². The lowest BCUT2D eigenvalue weighted by molar-refractivity contribution is 0.0677. The fourth-order valence-corrected chi connectivity index (χ4v) is 1.52. The van der Waals surface area contributed by atoms with E-state index in [1.807, 2.05) is 13.8 Å². The van der Waals surface area contributed by atoms with Crippen molar-refractivity contribution in [3.8, 4) is 0 Å². The summed E-state index contributed by atoms with van der Waals surface area (Å²) in [5, 5.41) is 0. The van der Waals surface area contributed by atoms with Gasteiger partial charge >= 0.3 is 0 Å². The zero-order valence-electron chi connectivity index (χ0n) is 8.84. The molecule has 0 saturated heterocycles. The van der Waals surface area contributed by atoms with Crippen LogP contribution in [0.25, 0.3) is 0 Å². The Morgan fingerprint density at radius 1 is 1.47 bits per heavy atom. The maximum Gasteiger partial charge on any atom is 0.129 e. The molecule has 1 unspecified atom stereocenters. The zero-order chi connectivity index (χ0) is 11.4. The molecule has 1 rings (SSSR count). The molecule has 0 heterocycles. The predicted molar refractivity (Wildman–Crippen MR) is 62.1 cm³/mol. The van der Waals surface area contributed by atoms with Crippen LogP contribution in [0.4, 0.5) is 4.39 Å². The Balaban J connectivity index is 2.69. The number of halogens is 2. The molecule has 0 aliphatic heterocycles. The summed E-state index contributed by atoms with van der Waals surface area (Å²) in [6.07, 6.45) is 0.106. The van der Waals surface area contributed by atoms with E-state index in [1.54, 1.807) is 12.1 Å². The molecule has 0 spiro atoms. The highest BCUT2D eigenvalue weighted by atomic mass is 79.9. The minimum Gasteiger partial charge on any atom is -0.377 e. The van der Waals surface area contributed by atoms with Gasteiger partial charge in [-0.1, -0.05) is 22.0 Å². The van der Waals surface area contributed by atoms with Crippen molar-refractivity contribution in [3.63, 3.8) is 0 Å². The second-order valence-electron chi connectivity index (χ2n) is 3.65. The molecule has 2 N–H and O–H groups in total. The molecule has 84 valence electrons. The molecule has 0 bridgehead atoms. The first-order chi connectivity index (χ1) is 7.00. The molecule has 1 aromatic rings. The van der Waals surface area contributed by atoms with Crippen LogP contribution in [0.2, 0.25) is 0 Å². The molecule has 15 heavy (non-hydrogen) atoms. The van der Waals surface area contributed by atoms with Crippen LogP contribution in [-0.4, -0.2) is 12.7 Å². The number of hydrogen-bond acceptors (Lipinski definition) is 2. The van der Waals surface area contributed by atoms with Gasteiger partial charge in [0.15, 0.2) is 0 Å². The number of hydrogen-bond donors (Lipinski definition) is 1. The highest BCUT2D eigenvalue weighted by molar-refractivity contribution is 9.10. The van der Waals surface area contributed by atoms with Crippen LogP contribution >= 0.6 is 15.9 Å². The van der Waals surface area contributed by atoms with Crippen LogP contribution in [0.1, 0.15) is 25.5 Å². The molecule has 2 nitrogen and oxygen atoms in total. The van der Waals surface area contributed by atoms with Gasteiger partial charge in [-0.15, -0.1) is 0 Å². The number of benzene rings is 1. The van der Waals surface area contributed by atoms with Gasteiger partial charge in [0.1, 0.15) is 5.82 Å². The van der Waals surface area contributed by atoms with Crippen LogP contribution in [0, 0.1) is 5.82 Å². The van der Waals surface area contributed by atoms with Gasteiger partial charge in [-0.2, -0.15) is 0 Å². The third-order valence-corrected chi connectivity index (χ3v) is 2.46. The van der Waals surface area contributed by atoms with Crippen LogP contribution in [0.5, 0.6) is 0 Å². The maximum atomic E-state index is 13.5. The van der Waals surface area contributed by atoms with Crippen LogP contribution in [0.3, 0.4) is 0 Å². The third kappa shape index (κ3) is 3.89. The molecule has 0 radical (unpaired) electrons. The van der Waals surface area contributed by atoms with Gasteiger partial charge in [0.25, 0.3) is 0 Å². The monoisotopic (exact) mass is 275 g/mol. The van der Waals surface area contributed by atoms with E-state index in [9.17, 15) is 4.39 Å². The Labute approximate surface area is 97.7 Å². The van der Waals surface area contributed by atoms with E-state index in [2.05, 4.69) is 15.9 Å². The molecule has 0 amide bonds. The summed E-state index contributed by atoms with van der Waals surface area (Å²) < 4.78 is 19.5. The third-order valence-electron chi connectivity index (χ3n) is 1.97.